The maximum atomic E-state index is 13.5. The molecule has 1 rings (SSSR count). The average Bonchev–Trinajstić information content (AvgIpc) is 2.38. The van der Waals surface area contributed by atoms with E-state index in [1.165, 1.54) is 25.0 Å². The number of unbranched alkanes of at least 4 members (excludes halogenated alkanes) is 3. The van der Waals surface area contributed by atoms with Crippen LogP contribution in [-0.2, 0) is 0 Å². The van der Waals surface area contributed by atoms with Gasteiger partial charge in [0, 0.05) is 18.2 Å². The van der Waals surface area contributed by atoms with Crippen LogP contribution in [0.25, 0.3) is 0 Å². The molecule has 0 amide bonds. The van der Waals surface area contributed by atoms with Crippen molar-refractivity contribution in [2.75, 3.05) is 5.32 Å². The zero-order chi connectivity index (χ0) is 15.1. The van der Waals surface area contributed by atoms with Gasteiger partial charge in [0.2, 0.25) is 0 Å². The van der Waals surface area contributed by atoms with E-state index in [-0.39, 0.29) is 21.9 Å². The molecule has 1 unspecified atom stereocenters. The van der Waals surface area contributed by atoms with Gasteiger partial charge in [-0.2, -0.15) is 0 Å². The molecule has 112 valence electrons. The number of anilines is 1. The largest absolute Gasteiger partial charge is 0.377 e. The molecule has 1 aromatic rings. The Balaban J connectivity index is 2.70. The lowest BCUT2D eigenvalue weighted by atomic mass is 10.1. The van der Waals surface area contributed by atoms with E-state index in [1.807, 2.05) is 6.92 Å². The van der Waals surface area contributed by atoms with Crippen LogP contribution in [-0.4, -0.2) is 11.0 Å². The molecule has 20 heavy (non-hydrogen) atoms. The molecule has 0 heterocycles. The Morgan fingerprint density at radius 1 is 1.40 bits per heavy atom. The Hall–Kier alpha value is -1.17. The zero-order valence-electron chi connectivity index (χ0n) is 11.8. The molecule has 4 nitrogen and oxygen atoms in total. The van der Waals surface area contributed by atoms with E-state index in [1.54, 1.807) is 0 Å². The van der Waals surface area contributed by atoms with Crippen LogP contribution in [0.5, 0.6) is 0 Å². The molecule has 0 aliphatic carbocycles. The lowest BCUT2D eigenvalue weighted by Gasteiger charge is -2.15. The first-order chi connectivity index (χ1) is 9.45. The van der Waals surface area contributed by atoms with Crippen LogP contribution in [0.4, 0.5) is 15.8 Å². The van der Waals surface area contributed by atoms with E-state index >= 15 is 0 Å². The first-order valence-electron chi connectivity index (χ1n) is 6.85. The third-order valence-electron chi connectivity index (χ3n) is 3.13. The van der Waals surface area contributed by atoms with Gasteiger partial charge in [0.05, 0.1) is 9.40 Å². The number of nitro benzene ring substituents is 1. The molecule has 0 aliphatic heterocycles. The van der Waals surface area contributed by atoms with E-state index in [0.717, 1.165) is 19.3 Å². The monoisotopic (exact) mass is 346 g/mol. The molecule has 1 N–H and O–H groups in total. The summed E-state index contributed by atoms with van der Waals surface area (Å²) >= 11 is 2.97. The van der Waals surface area contributed by atoms with Gasteiger partial charge in [0.25, 0.3) is 5.69 Å². The first kappa shape index (κ1) is 16.9. The Labute approximate surface area is 127 Å². The number of rotatable bonds is 8. The van der Waals surface area contributed by atoms with E-state index in [9.17, 15) is 14.5 Å². The van der Waals surface area contributed by atoms with Crippen molar-refractivity contribution in [3.63, 3.8) is 0 Å². The van der Waals surface area contributed by atoms with E-state index in [0.29, 0.717) is 0 Å². The number of nitrogens with one attached hydrogen (secondary N) is 1. The predicted molar refractivity (Wildman–Crippen MR) is 82.6 cm³/mol. The first-order valence-corrected chi connectivity index (χ1v) is 7.65. The summed E-state index contributed by atoms with van der Waals surface area (Å²) < 4.78 is 13.6. The third kappa shape index (κ3) is 5.07. The topological polar surface area (TPSA) is 55.2 Å². The molecule has 0 radical (unpaired) electrons. The van der Waals surface area contributed by atoms with Crippen molar-refractivity contribution in [3.05, 3.63) is 32.5 Å². The minimum Gasteiger partial charge on any atom is -0.377 e. The minimum absolute atomic E-state index is 0.0751. The number of halogens is 2. The van der Waals surface area contributed by atoms with Crippen molar-refractivity contribution < 1.29 is 9.31 Å². The van der Waals surface area contributed by atoms with Gasteiger partial charge in [-0.15, -0.1) is 0 Å². The van der Waals surface area contributed by atoms with Crippen LogP contribution in [0.2, 0.25) is 0 Å². The second kappa shape index (κ2) is 8.19. The summed E-state index contributed by atoms with van der Waals surface area (Å²) in [6.45, 7) is 4.10. The average molecular weight is 347 g/mol. The van der Waals surface area contributed by atoms with Crippen molar-refractivity contribution in [3.8, 4) is 0 Å². The number of hydrogen-bond donors (Lipinski definition) is 1. The second-order valence-electron chi connectivity index (χ2n) is 4.94. The predicted octanol–water partition coefficient (Wildman–Crippen LogP) is 5.27. The van der Waals surface area contributed by atoms with Gasteiger partial charge in [0.1, 0.15) is 11.5 Å². The number of nitrogens with zero attached hydrogens (tertiary/aromatic N) is 1. The maximum Gasteiger partial charge on any atom is 0.293 e. The molecule has 0 saturated carbocycles. The fourth-order valence-electron chi connectivity index (χ4n) is 2.02. The van der Waals surface area contributed by atoms with Crippen molar-refractivity contribution >= 4 is 27.3 Å². The van der Waals surface area contributed by atoms with Gasteiger partial charge in [-0.05, 0) is 29.3 Å². The summed E-state index contributed by atoms with van der Waals surface area (Å²) in [4.78, 5) is 10.5. The SMILES string of the molecule is CCCCCCC(C)Nc1cc(F)c(Br)cc1[N+](=O)[O-]. The molecule has 0 spiro atoms. The highest BCUT2D eigenvalue weighted by molar-refractivity contribution is 9.10. The summed E-state index contributed by atoms with van der Waals surface area (Å²) in [5.41, 5.74) is 0.123. The molecular formula is C14H20BrFN2O2. The van der Waals surface area contributed by atoms with E-state index < -0.39 is 10.7 Å². The molecule has 1 aromatic carbocycles. The van der Waals surface area contributed by atoms with Gasteiger partial charge in [-0.3, -0.25) is 10.1 Å². The number of benzene rings is 1. The summed E-state index contributed by atoms with van der Waals surface area (Å²) in [5, 5.41) is 14.0. The Morgan fingerprint density at radius 3 is 2.70 bits per heavy atom. The smallest absolute Gasteiger partial charge is 0.293 e. The normalized spacial score (nSPS) is 12.2. The molecule has 0 aromatic heterocycles. The van der Waals surface area contributed by atoms with Crippen LogP contribution in [0.3, 0.4) is 0 Å². The molecule has 0 bridgehead atoms. The van der Waals surface area contributed by atoms with E-state index in [2.05, 4.69) is 28.2 Å². The van der Waals surface area contributed by atoms with Gasteiger partial charge in [-0.1, -0.05) is 32.6 Å². The molecule has 0 fully saturated rings. The van der Waals surface area contributed by atoms with Gasteiger partial charge < -0.3 is 5.32 Å². The van der Waals surface area contributed by atoms with Crippen LogP contribution < -0.4 is 5.32 Å². The van der Waals surface area contributed by atoms with Gasteiger partial charge in [0.15, 0.2) is 0 Å². The molecule has 0 saturated heterocycles. The molecule has 0 aliphatic rings. The highest BCUT2D eigenvalue weighted by Gasteiger charge is 2.18. The fourth-order valence-corrected chi connectivity index (χ4v) is 2.35. The third-order valence-corrected chi connectivity index (χ3v) is 3.74. The highest BCUT2D eigenvalue weighted by atomic mass is 79.9. The van der Waals surface area contributed by atoms with Gasteiger partial charge >= 0.3 is 0 Å². The maximum absolute atomic E-state index is 13.5. The number of hydrogen-bond acceptors (Lipinski definition) is 3. The standard InChI is InChI=1S/C14H20BrFN2O2/c1-3-4-5-6-7-10(2)17-13-9-12(16)11(15)8-14(13)18(19)20/h8-10,17H,3-7H2,1-2H3. The van der Waals surface area contributed by atoms with Crippen LogP contribution >= 0.6 is 15.9 Å². The summed E-state index contributed by atoms with van der Waals surface area (Å²) in [5.74, 6) is -0.503. The van der Waals surface area contributed by atoms with Crippen LogP contribution in [0, 0.1) is 15.9 Å². The Kier molecular flexibility index (Phi) is 6.91. The van der Waals surface area contributed by atoms with Crippen LogP contribution in [0.1, 0.15) is 46.0 Å². The lowest BCUT2D eigenvalue weighted by Crippen LogP contribution is -2.16. The van der Waals surface area contributed by atoms with E-state index in [4.69, 9.17) is 0 Å². The van der Waals surface area contributed by atoms with Crippen LogP contribution in [0.15, 0.2) is 16.6 Å². The van der Waals surface area contributed by atoms with Gasteiger partial charge in [-0.25, -0.2) is 4.39 Å². The summed E-state index contributed by atoms with van der Waals surface area (Å²) in [6, 6.07) is 2.44. The second-order valence-corrected chi connectivity index (χ2v) is 5.79. The Bertz CT molecular complexity index is 469. The van der Waals surface area contributed by atoms with Crippen molar-refractivity contribution in [1.29, 1.82) is 0 Å². The minimum atomic E-state index is -0.504. The highest BCUT2D eigenvalue weighted by Crippen LogP contribution is 2.31. The fraction of sp³-hybridized carbons (Fsp3) is 0.571. The zero-order valence-corrected chi connectivity index (χ0v) is 13.4. The Morgan fingerprint density at radius 2 is 2.10 bits per heavy atom. The lowest BCUT2D eigenvalue weighted by molar-refractivity contribution is -0.384. The molecule has 1 atom stereocenters. The van der Waals surface area contributed by atoms with Crippen molar-refractivity contribution in [1.82, 2.24) is 0 Å². The molecule has 6 heteroatoms. The molecular weight excluding hydrogens is 327 g/mol. The van der Waals surface area contributed by atoms with Crippen molar-refractivity contribution in [2.45, 2.75) is 52.0 Å². The summed E-state index contributed by atoms with van der Waals surface area (Å²) in [7, 11) is 0. The van der Waals surface area contributed by atoms with Crippen molar-refractivity contribution in [2.24, 2.45) is 0 Å². The quantitative estimate of drug-likeness (QED) is 0.396. The number of nitro groups is 1. The summed E-state index contributed by atoms with van der Waals surface area (Å²) in [6.07, 6.45) is 5.49.